The van der Waals surface area contributed by atoms with Crippen LogP contribution in [0.5, 0.6) is 0 Å². The average Bonchev–Trinajstić information content (AvgIpc) is 2.32. The summed E-state index contributed by atoms with van der Waals surface area (Å²) in [6, 6.07) is 6.00. The summed E-state index contributed by atoms with van der Waals surface area (Å²) in [7, 11) is 1.96. The van der Waals surface area contributed by atoms with Crippen LogP contribution in [0, 0.1) is 0 Å². The first-order valence-corrected chi connectivity index (χ1v) is 6.73. The Morgan fingerprint density at radius 3 is 2.63 bits per heavy atom. The molecule has 0 radical (unpaired) electrons. The quantitative estimate of drug-likeness (QED) is 0.857. The number of para-hydroxylation sites is 1. The molecule has 2 rings (SSSR count). The van der Waals surface area contributed by atoms with E-state index in [1.54, 1.807) is 0 Å². The second-order valence-electron chi connectivity index (χ2n) is 6.14. The van der Waals surface area contributed by atoms with E-state index in [1.165, 1.54) is 0 Å². The van der Waals surface area contributed by atoms with Crippen molar-refractivity contribution in [3.63, 3.8) is 0 Å². The highest BCUT2D eigenvalue weighted by Crippen LogP contribution is 2.39. The number of carbonyl (C=O) groups is 1. The molecule has 3 N–H and O–H groups in total. The second-order valence-corrected chi connectivity index (χ2v) is 6.14. The molecule has 19 heavy (non-hydrogen) atoms. The molecule has 1 aliphatic rings. The molecule has 1 atom stereocenters. The van der Waals surface area contributed by atoms with E-state index in [4.69, 9.17) is 5.73 Å². The number of likely N-dealkylation sites (N-methyl/N-ethyl adjacent to an activating group) is 1. The average molecular weight is 261 g/mol. The van der Waals surface area contributed by atoms with E-state index in [0.29, 0.717) is 13.0 Å². The van der Waals surface area contributed by atoms with Crippen LogP contribution in [0.2, 0.25) is 0 Å². The summed E-state index contributed by atoms with van der Waals surface area (Å²) in [6.07, 6.45) is 0.668. The third-order valence-electron chi connectivity index (χ3n) is 3.69. The molecule has 0 saturated carbocycles. The number of benzene rings is 1. The molecule has 1 aromatic rings. The van der Waals surface area contributed by atoms with Crippen LogP contribution in [0.1, 0.15) is 32.8 Å². The summed E-state index contributed by atoms with van der Waals surface area (Å²) in [4.78, 5) is 14.3. The molecule has 0 aromatic heterocycles. The van der Waals surface area contributed by atoms with Crippen LogP contribution in [0.15, 0.2) is 18.2 Å². The summed E-state index contributed by atoms with van der Waals surface area (Å²) in [6.45, 7) is 6.97. The lowest BCUT2D eigenvalue weighted by Gasteiger charge is -2.37. The number of hydrogen-bond donors (Lipinski definition) is 2. The molecule has 104 valence electrons. The first-order valence-electron chi connectivity index (χ1n) is 6.73. The van der Waals surface area contributed by atoms with Gasteiger partial charge in [0.15, 0.2) is 0 Å². The largest absolute Gasteiger partial charge is 0.361 e. The van der Waals surface area contributed by atoms with E-state index in [-0.39, 0.29) is 17.4 Å². The molecule has 1 aliphatic heterocycles. The van der Waals surface area contributed by atoms with Gasteiger partial charge < -0.3 is 16.0 Å². The van der Waals surface area contributed by atoms with Crippen molar-refractivity contribution in [2.75, 3.05) is 23.8 Å². The zero-order valence-corrected chi connectivity index (χ0v) is 12.2. The number of rotatable bonds is 2. The Bertz CT molecular complexity index is 491. The summed E-state index contributed by atoms with van der Waals surface area (Å²) in [5, 5.41) is 3.06. The van der Waals surface area contributed by atoms with Crippen LogP contribution in [-0.4, -0.2) is 25.5 Å². The van der Waals surface area contributed by atoms with Crippen molar-refractivity contribution in [1.29, 1.82) is 0 Å². The van der Waals surface area contributed by atoms with Gasteiger partial charge in [0.2, 0.25) is 5.91 Å². The normalized spacial score (nSPS) is 19.1. The van der Waals surface area contributed by atoms with Crippen LogP contribution >= 0.6 is 0 Å². The predicted molar refractivity (Wildman–Crippen MR) is 79.6 cm³/mol. The number of nitrogens with zero attached hydrogens (tertiary/aromatic N) is 1. The Kier molecular flexibility index (Phi) is 3.54. The minimum atomic E-state index is -0.173. The van der Waals surface area contributed by atoms with Crippen molar-refractivity contribution >= 4 is 17.3 Å². The van der Waals surface area contributed by atoms with Gasteiger partial charge in [0.25, 0.3) is 0 Å². The molecule has 1 aromatic carbocycles. The van der Waals surface area contributed by atoms with E-state index in [9.17, 15) is 4.79 Å². The van der Waals surface area contributed by atoms with Gasteiger partial charge in [0.1, 0.15) is 6.04 Å². The minimum absolute atomic E-state index is 0.000166. The van der Waals surface area contributed by atoms with Gasteiger partial charge in [0, 0.05) is 7.05 Å². The fourth-order valence-electron chi connectivity index (χ4n) is 2.62. The molecule has 1 heterocycles. The van der Waals surface area contributed by atoms with Crippen molar-refractivity contribution in [1.82, 2.24) is 0 Å². The third kappa shape index (κ3) is 2.45. The molecular formula is C15H23N3O. The highest BCUT2D eigenvalue weighted by Gasteiger charge is 2.32. The van der Waals surface area contributed by atoms with Crippen LogP contribution in [-0.2, 0) is 10.2 Å². The SMILES string of the molecule is CN1c2cccc(C(C)(C)C)c2NC(=O)C1CCN. The molecular weight excluding hydrogens is 238 g/mol. The summed E-state index contributed by atoms with van der Waals surface area (Å²) in [5.74, 6) is 0.0390. The highest BCUT2D eigenvalue weighted by atomic mass is 16.2. The van der Waals surface area contributed by atoms with Crippen LogP contribution in [0.25, 0.3) is 0 Å². The molecule has 0 bridgehead atoms. The zero-order valence-electron chi connectivity index (χ0n) is 12.2. The number of amides is 1. The predicted octanol–water partition coefficient (Wildman–Crippen LogP) is 2.09. The maximum Gasteiger partial charge on any atom is 0.247 e. The van der Waals surface area contributed by atoms with Crippen molar-refractivity contribution in [2.24, 2.45) is 5.73 Å². The van der Waals surface area contributed by atoms with Gasteiger partial charge in [0.05, 0.1) is 11.4 Å². The second kappa shape index (κ2) is 4.85. The molecule has 1 amide bonds. The Morgan fingerprint density at radius 2 is 2.05 bits per heavy atom. The lowest BCUT2D eigenvalue weighted by Crippen LogP contribution is -2.47. The molecule has 0 saturated heterocycles. The van der Waals surface area contributed by atoms with Gasteiger partial charge in [-0.25, -0.2) is 0 Å². The van der Waals surface area contributed by atoms with Gasteiger partial charge in [-0.2, -0.15) is 0 Å². The minimum Gasteiger partial charge on any atom is -0.361 e. The van der Waals surface area contributed by atoms with Crippen molar-refractivity contribution in [3.8, 4) is 0 Å². The first kappa shape index (κ1) is 13.9. The Hall–Kier alpha value is -1.55. The van der Waals surface area contributed by atoms with Crippen molar-refractivity contribution < 1.29 is 4.79 Å². The Labute approximate surface area is 115 Å². The smallest absolute Gasteiger partial charge is 0.247 e. The van der Waals surface area contributed by atoms with Crippen LogP contribution in [0.3, 0.4) is 0 Å². The number of hydrogen-bond acceptors (Lipinski definition) is 3. The van der Waals surface area contributed by atoms with Gasteiger partial charge in [-0.3, -0.25) is 4.79 Å². The molecule has 1 unspecified atom stereocenters. The number of carbonyl (C=O) groups excluding carboxylic acids is 1. The maximum absolute atomic E-state index is 12.2. The Balaban J connectivity index is 2.49. The monoisotopic (exact) mass is 261 g/mol. The van der Waals surface area contributed by atoms with Gasteiger partial charge in [-0.05, 0) is 30.0 Å². The summed E-state index contributed by atoms with van der Waals surface area (Å²) < 4.78 is 0. The number of nitrogens with two attached hydrogens (primary N) is 1. The van der Waals surface area contributed by atoms with Crippen LogP contribution in [0.4, 0.5) is 11.4 Å². The van der Waals surface area contributed by atoms with E-state index >= 15 is 0 Å². The van der Waals surface area contributed by atoms with Crippen molar-refractivity contribution in [2.45, 2.75) is 38.6 Å². The fourth-order valence-corrected chi connectivity index (χ4v) is 2.62. The van der Waals surface area contributed by atoms with E-state index in [2.05, 4.69) is 32.2 Å². The topological polar surface area (TPSA) is 58.4 Å². The lowest BCUT2D eigenvalue weighted by atomic mass is 9.84. The number of nitrogens with one attached hydrogen (secondary N) is 1. The molecule has 4 nitrogen and oxygen atoms in total. The fraction of sp³-hybridized carbons (Fsp3) is 0.533. The van der Waals surface area contributed by atoms with Gasteiger partial charge in [-0.15, -0.1) is 0 Å². The third-order valence-corrected chi connectivity index (χ3v) is 3.69. The van der Waals surface area contributed by atoms with Gasteiger partial charge in [-0.1, -0.05) is 32.9 Å². The molecule has 0 fully saturated rings. The van der Waals surface area contributed by atoms with E-state index < -0.39 is 0 Å². The maximum atomic E-state index is 12.2. The summed E-state index contributed by atoms with van der Waals surface area (Å²) >= 11 is 0. The van der Waals surface area contributed by atoms with Gasteiger partial charge >= 0.3 is 0 Å². The zero-order chi connectivity index (χ0) is 14.2. The van der Waals surface area contributed by atoms with E-state index in [1.807, 2.05) is 24.1 Å². The summed E-state index contributed by atoms with van der Waals surface area (Å²) in [5.41, 5.74) is 8.77. The van der Waals surface area contributed by atoms with Crippen LogP contribution < -0.4 is 16.0 Å². The van der Waals surface area contributed by atoms with E-state index in [0.717, 1.165) is 16.9 Å². The highest BCUT2D eigenvalue weighted by molar-refractivity contribution is 6.04. The lowest BCUT2D eigenvalue weighted by molar-refractivity contribution is -0.117. The molecule has 0 spiro atoms. The first-order chi connectivity index (χ1) is 8.86. The number of anilines is 2. The van der Waals surface area contributed by atoms with Crippen molar-refractivity contribution in [3.05, 3.63) is 23.8 Å². The molecule has 4 heteroatoms. The number of fused-ring (bicyclic) bond motifs is 1. The molecule has 0 aliphatic carbocycles. The Morgan fingerprint density at radius 1 is 1.37 bits per heavy atom. The standard InChI is InChI=1S/C15H23N3O/c1-15(2,3)10-6-5-7-11-13(10)17-14(19)12(8-9-16)18(11)4/h5-7,12H,8-9,16H2,1-4H3,(H,17,19).